The van der Waals surface area contributed by atoms with Crippen molar-refractivity contribution in [3.05, 3.63) is 11.1 Å². The quantitative estimate of drug-likeness (QED) is 0.419. The maximum absolute atomic E-state index is 12.9. The first-order valence-corrected chi connectivity index (χ1v) is 14.3. The number of ketones is 1. The second kappa shape index (κ2) is 8.89. The molecular formula is C31H52O5. The van der Waals surface area contributed by atoms with E-state index in [2.05, 4.69) is 41.5 Å². The molecule has 3 saturated carbocycles. The molecule has 0 amide bonds. The van der Waals surface area contributed by atoms with E-state index < -0.39 is 23.9 Å². The lowest BCUT2D eigenvalue weighted by Crippen LogP contribution is -2.65. The molecule has 0 aromatic rings. The molecule has 0 heterocycles. The largest absolute Gasteiger partial charge is 0.392 e. The Balaban J connectivity index is 1.66. The first-order valence-electron chi connectivity index (χ1n) is 14.3. The third-order valence-corrected chi connectivity index (χ3v) is 12.4. The summed E-state index contributed by atoms with van der Waals surface area (Å²) in [6.07, 6.45) is 4.57. The van der Waals surface area contributed by atoms with E-state index in [1.807, 2.05) is 0 Å². The van der Waals surface area contributed by atoms with E-state index in [1.165, 1.54) is 11.1 Å². The Morgan fingerprint density at radius 1 is 1.06 bits per heavy atom. The number of ether oxygens (including phenoxy) is 1. The highest BCUT2D eigenvalue weighted by atomic mass is 16.5. The molecule has 3 fully saturated rings. The van der Waals surface area contributed by atoms with Crippen LogP contribution in [0.15, 0.2) is 11.1 Å². The van der Waals surface area contributed by atoms with Gasteiger partial charge < -0.3 is 20.1 Å². The summed E-state index contributed by atoms with van der Waals surface area (Å²) in [5.74, 6) is 1.01. The van der Waals surface area contributed by atoms with Gasteiger partial charge >= 0.3 is 0 Å². The van der Waals surface area contributed by atoms with E-state index in [0.29, 0.717) is 31.0 Å². The Bertz CT molecular complexity index is 920. The van der Waals surface area contributed by atoms with Crippen LogP contribution in [0.5, 0.6) is 0 Å². The highest BCUT2D eigenvalue weighted by molar-refractivity contribution is 5.85. The minimum absolute atomic E-state index is 0.00936. The summed E-state index contributed by atoms with van der Waals surface area (Å²) in [6, 6.07) is 0. The van der Waals surface area contributed by atoms with Crippen molar-refractivity contribution in [2.45, 2.75) is 131 Å². The standard InChI is InChI=1S/C31H52O5/c1-18(16-22(33)26(35)28(4,5)36-9)19-10-14-30(7)20(19)17-21(32)25-29(6)13-12-24(34)27(2,3)23(29)11-15-31(25,30)8/h18,21-23,25-26,32-33,35H,10-17H2,1-9H3/t18-,21+,22+,23+,25+,26-,29+,30+,31+/m0/s1. The Hall–Kier alpha value is -0.750. The highest BCUT2D eigenvalue weighted by Gasteiger charge is 2.69. The summed E-state index contributed by atoms with van der Waals surface area (Å²) >= 11 is 0. The normalized spacial score (nSPS) is 42.9. The van der Waals surface area contributed by atoms with Crippen molar-refractivity contribution >= 4 is 5.78 Å². The molecule has 4 rings (SSSR count). The molecule has 36 heavy (non-hydrogen) atoms. The van der Waals surface area contributed by atoms with Crippen LogP contribution in [0.2, 0.25) is 0 Å². The summed E-state index contributed by atoms with van der Waals surface area (Å²) in [7, 11) is 1.56. The van der Waals surface area contributed by atoms with Crippen LogP contribution in [-0.4, -0.2) is 52.1 Å². The Labute approximate surface area is 219 Å². The van der Waals surface area contributed by atoms with Crippen LogP contribution in [0.4, 0.5) is 0 Å². The minimum Gasteiger partial charge on any atom is -0.392 e. The number of methoxy groups -OCH3 is 1. The van der Waals surface area contributed by atoms with Crippen LogP contribution in [0.25, 0.3) is 0 Å². The molecule has 0 saturated heterocycles. The number of hydrogen-bond acceptors (Lipinski definition) is 5. The van der Waals surface area contributed by atoms with Crippen molar-refractivity contribution in [2.24, 2.45) is 39.4 Å². The second-order valence-electron chi connectivity index (χ2n) is 14.7. The maximum atomic E-state index is 12.9. The van der Waals surface area contributed by atoms with Crippen molar-refractivity contribution in [1.29, 1.82) is 0 Å². The van der Waals surface area contributed by atoms with Gasteiger partial charge in [-0.05, 0) is 92.8 Å². The SMILES string of the molecule is COC(C)(C)[C@@H](O)[C@H](O)C[C@H](C)C1=C2C[C@@H](O)[C@@H]3[C@]4(C)CCC(=O)C(C)(C)[C@H]4CC[C@@]3(C)[C@]2(C)CC1. The molecule has 9 atom stereocenters. The smallest absolute Gasteiger partial charge is 0.138 e. The minimum atomic E-state index is -0.963. The summed E-state index contributed by atoms with van der Waals surface area (Å²) in [5, 5.41) is 33.4. The van der Waals surface area contributed by atoms with Crippen molar-refractivity contribution in [3.63, 3.8) is 0 Å². The van der Waals surface area contributed by atoms with Crippen LogP contribution < -0.4 is 0 Å². The third kappa shape index (κ3) is 3.81. The number of allylic oxidation sites excluding steroid dienone is 1. The molecule has 5 nitrogen and oxygen atoms in total. The Morgan fingerprint density at radius 2 is 1.69 bits per heavy atom. The highest BCUT2D eigenvalue weighted by Crippen LogP contribution is 2.74. The number of Topliss-reactive ketones (excluding diaryl/α,β-unsaturated/α-hetero) is 1. The fourth-order valence-corrected chi connectivity index (χ4v) is 9.89. The average molecular weight is 505 g/mol. The monoisotopic (exact) mass is 504 g/mol. The van der Waals surface area contributed by atoms with Gasteiger partial charge in [0, 0.05) is 18.9 Å². The van der Waals surface area contributed by atoms with E-state index >= 15 is 0 Å². The molecule has 0 aromatic heterocycles. The predicted molar refractivity (Wildman–Crippen MR) is 142 cm³/mol. The first kappa shape index (κ1) is 28.3. The van der Waals surface area contributed by atoms with Gasteiger partial charge in [0.2, 0.25) is 0 Å². The topological polar surface area (TPSA) is 87.0 Å². The number of carbonyl (C=O) groups excluding carboxylic acids is 1. The van der Waals surface area contributed by atoms with Crippen molar-refractivity contribution in [1.82, 2.24) is 0 Å². The number of aliphatic hydroxyl groups is 3. The first-order chi connectivity index (χ1) is 16.5. The van der Waals surface area contributed by atoms with Crippen molar-refractivity contribution < 1.29 is 24.9 Å². The molecule has 3 N–H and O–H groups in total. The van der Waals surface area contributed by atoms with Gasteiger partial charge in [-0.3, -0.25) is 4.79 Å². The molecule has 0 spiro atoms. The average Bonchev–Trinajstić information content (AvgIpc) is 3.13. The lowest BCUT2D eigenvalue weighted by Gasteiger charge is -2.69. The number of hydrogen-bond donors (Lipinski definition) is 3. The van der Waals surface area contributed by atoms with E-state index in [1.54, 1.807) is 21.0 Å². The van der Waals surface area contributed by atoms with Crippen LogP contribution >= 0.6 is 0 Å². The second-order valence-corrected chi connectivity index (χ2v) is 14.7. The number of rotatable bonds is 6. The van der Waals surface area contributed by atoms with Gasteiger partial charge in [-0.1, -0.05) is 52.7 Å². The summed E-state index contributed by atoms with van der Waals surface area (Å²) in [5.41, 5.74) is 1.58. The fourth-order valence-electron chi connectivity index (χ4n) is 9.89. The fraction of sp³-hybridized carbons (Fsp3) is 0.903. The van der Waals surface area contributed by atoms with Crippen molar-refractivity contribution in [3.8, 4) is 0 Å². The molecule has 0 aromatic carbocycles. The molecular weight excluding hydrogens is 452 g/mol. The Kier molecular flexibility index (Phi) is 6.98. The molecule has 0 aliphatic heterocycles. The van der Waals surface area contributed by atoms with Crippen molar-refractivity contribution in [2.75, 3.05) is 7.11 Å². The molecule has 0 radical (unpaired) electrons. The van der Waals surface area contributed by atoms with Gasteiger partial charge in [-0.15, -0.1) is 0 Å². The zero-order valence-corrected chi connectivity index (χ0v) is 24.3. The number of carbonyl (C=O) groups is 1. The summed E-state index contributed by atoms with van der Waals surface area (Å²) in [6.45, 7) is 17.3. The van der Waals surface area contributed by atoms with Gasteiger partial charge in [-0.2, -0.15) is 0 Å². The predicted octanol–water partition coefficient (Wildman–Crippen LogP) is 5.45. The number of aliphatic hydroxyl groups excluding tert-OH is 3. The van der Waals surface area contributed by atoms with Gasteiger partial charge in [0.25, 0.3) is 0 Å². The summed E-state index contributed by atoms with van der Waals surface area (Å²) in [4.78, 5) is 12.9. The zero-order chi connectivity index (χ0) is 27.1. The van der Waals surface area contributed by atoms with E-state index in [-0.39, 0.29) is 33.5 Å². The van der Waals surface area contributed by atoms with Crippen LogP contribution in [0.1, 0.15) is 107 Å². The van der Waals surface area contributed by atoms with Crippen LogP contribution in [0.3, 0.4) is 0 Å². The van der Waals surface area contributed by atoms with E-state index in [0.717, 1.165) is 32.1 Å². The molecule has 206 valence electrons. The zero-order valence-electron chi connectivity index (χ0n) is 24.3. The van der Waals surface area contributed by atoms with Gasteiger partial charge in [0.05, 0.1) is 17.8 Å². The molecule has 0 unspecified atom stereocenters. The van der Waals surface area contributed by atoms with Crippen LogP contribution in [-0.2, 0) is 9.53 Å². The van der Waals surface area contributed by atoms with Crippen LogP contribution in [0, 0.1) is 39.4 Å². The van der Waals surface area contributed by atoms with Gasteiger partial charge in [0.15, 0.2) is 0 Å². The Morgan fingerprint density at radius 3 is 2.31 bits per heavy atom. The van der Waals surface area contributed by atoms with Gasteiger partial charge in [-0.25, -0.2) is 0 Å². The summed E-state index contributed by atoms with van der Waals surface area (Å²) < 4.78 is 5.41. The maximum Gasteiger partial charge on any atom is 0.138 e. The third-order valence-electron chi connectivity index (χ3n) is 12.4. The number of fused-ring (bicyclic) bond motifs is 5. The van der Waals surface area contributed by atoms with E-state index in [9.17, 15) is 20.1 Å². The molecule has 5 heteroatoms. The van der Waals surface area contributed by atoms with E-state index in [4.69, 9.17) is 4.74 Å². The molecule has 0 bridgehead atoms. The van der Waals surface area contributed by atoms with Gasteiger partial charge in [0.1, 0.15) is 11.9 Å². The molecule has 4 aliphatic carbocycles. The molecule has 4 aliphatic rings. The lowest BCUT2D eigenvalue weighted by molar-refractivity contribution is -0.208. The lowest BCUT2D eigenvalue weighted by atomic mass is 9.36.